The van der Waals surface area contributed by atoms with E-state index < -0.39 is 5.92 Å². The number of nitrogens with zero attached hydrogens (tertiary/aromatic N) is 2. The molecule has 2 aromatic rings. The monoisotopic (exact) mass is 417 g/mol. The number of carbonyl (C=O) groups is 1. The summed E-state index contributed by atoms with van der Waals surface area (Å²) < 4.78 is 0. The number of halogens is 1. The van der Waals surface area contributed by atoms with Crippen LogP contribution in [-0.4, -0.2) is 5.78 Å². The Hall–Kier alpha value is -3.03. The van der Waals surface area contributed by atoms with E-state index in [1.165, 1.54) is 0 Å². The molecule has 0 fully saturated rings. The van der Waals surface area contributed by atoms with Crippen molar-refractivity contribution in [2.75, 3.05) is 4.90 Å². The molecule has 0 bridgehead atoms. The first-order valence-electron chi connectivity index (χ1n) is 10.1. The molecule has 0 amide bonds. The first-order chi connectivity index (χ1) is 14.3. The van der Waals surface area contributed by atoms with Gasteiger partial charge in [-0.1, -0.05) is 41.4 Å². The number of benzene rings is 2. The molecule has 0 spiro atoms. The van der Waals surface area contributed by atoms with E-state index >= 15 is 0 Å². The molecule has 0 aromatic heterocycles. The zero-order valence-electron chi connectivity index (χ0n) is 17.4. The van der Waals surface area contributed by atoms with Crippen LogP contribution < -0.4 is 10.6 Å². The number of allylic oxidation sites excluding steroid dienone is 3. The van der Waals surface area contributed by atoms with E-state index in [-0.39, 0.29) is 5.78 Å². The number of nitriles is 1. The van der Waals surface area contributed by atoms with Gasteiger partial charge in [-0.15, -0.1) is 0 Å². The highest BCUT2D eigenvalue weighted by atomic mass is 35.5. The first kappa shape index (κ1) is 20.3. The molecule has 2 aliphatic rings. The Kier molecular flexibility index (Phi) is 5.17. The Morgan fingerprint density at radius 1 is 1.10 bits per heavy atom. The Morgan fingerprint density at radius 3 is 2.53 bits per heavy atom. The summed E-state index contributed by atoms with van der Waals surface area (Å²) in [6, 6.07) is 14.2. The van der Waals surface area contributed by atoms with E-state index in [1.54, 1.807) is 0 Å². The van der Waals surface area contributed by atoms with Gasteiger partial charge in [0.15, 0.2) is 5.78 Å². The van der Waals surface area contributed by atoms with Crippen LogP contribution in [0, 0.1) is 32.1 Å². The van der Waals surface area contributed by atoms with Gasteiger partial charge in [-0.25, -0.2) is 0 Å². The van der Waals surface area contributed by atoms with Crippen LogP contribution in [0.2, 0.25) is 5.02 Å². The largest absolute Gasteiger partial charge is 0.384 e. The molecule has 5 heteroatoms. The number of hydrogen-bond donors (Lipinski definition) is 1. The van der Waals surface area contributed by atoms with Gasteiger partial charge in [0.05, 0.1) is 17.6 Å². The summed E-state index contributed by atoms with van der Waals surface area (Å²) in [7, 11) is 0. The fourth-order valence-electron chi connectivity index (χ4n) is 4.48. The Labute approximate surface area is 182 Å². The minimum Gasteiger partial charge on any atom is -0.384 e. The molecule has 0 saturated heterocycles. The third-order valence-corrected chi connectivity index (χ3v) is 6.48. The van der Waals surface area contributed by atoms with Crippen LogP contribution in [0.3, 0.4) is 0 Å². The van der Waals surface area contributed by atoms with Crippen LogP contribution in [-0.2, 0) is 4.79 Å². The minimum absolute atomic E-state index is 0.0885. The van der Waals surface area contributed by atoms with Crippen molar-refractivity contribution < 1.29 is 4.79 Å². The van der Waals surface area contributed by atoms with Crippen molar-refractivity contribution in [2.24, 2.45) is 5.73 Å². The molecule has 4 rings (SSSR count). The molecule has 4 nitrogen and oxygen atoms in total. The normalized spacial score (nSPS) is 19.1. The van der Waals surface area contributed by atoms with E-state index in [2.05, 4.69) is 12.1 Å². The van der Waals surface area contributed by atoms with Crippen molar-refractivity contribution in [3.63, 3.8) is 0 Å². The van der Waals surface area contributed by atoms with E-state index in [0.29, 0.717) is 28.4 Å². The number of anilines is 1. The molecular weight excluding hydrogens is 394 g/mol. The van der Waals surface area contributed by atoms with Crippen LogP contribution in [0.15, 0.2) is 59.1 Å². The highest BCUT2D eigenvalue weighted by Crippen LogP contribution is 2.47. The summed E-state index contributed by atoms with van der Waals surface area (Å²) in [6.07, 6.45) is 1.98. The Balaban J connectivity index is 2.00. The second-order valence-electron chi connectivity index (χ2n) is 8.11. The van der Waals surface area contributed by atoms with Crippen molar-refractivity contribution in [3.05, 3.63) is 86.3 Å². The van der Waals surface area contributed by atoms with Gasteiger partial charge in [-0.3, -0.25) is 9.69 Å². The summed E-state index contributed by atoms with van der Waals surface area (Å²) in [6.45, 7) is 5.97. The van der Waals surface area contributed by atoms with Crippen molar-refractivity contribution in [2.45, 2.75) is 46.0 Å². The molecule has 1 heterocycles. The number of carbonyl (C=O) groups excluding carboxylic acids is 1. The predicted molar refractivity (Wildman–Crippen MR) is 120 cm³/mol. The van der Waals surface area contributed by atoms with Gasteiger partial charge in [-0.05, 0) is 62.4 Å². The van der Waals surface area contributed by atoms with Crippen LogP contribution in [0.5, 0.6) is 0 Å². The molecule has 1 aliphatic heterocycles. The van der Waals surface area contributed by atoms with Gasteiger partial charge in [0.2, 0.25) is 0 Å². The predicted octanol–water partition coefficient (Wildman–Crippen LogP) is 5.57. The summed E-state index contributed by atoms with van der Waals surface area (Å²) in [5.41, 5.74) is 13.4. The second-order valence-corrected chi connectivity index (χ2v) is 8.52. The van der Waals surface area contributed by atoms with Crippen LogP contribution in [0.4, 0.5) is 5.69 Å². The summed E-state index contributed by atoms with van der Waals surface area (Å²) in [4.78, 5) is 15.1. The van der Waals surface area contributed by atoms with E-state index in [4.69, 9.17) is 17.3 Å². The lowest BCUT2D eigenvalue weighted by Gasteiger charge is -2.40. The molecule has 30 heavy (non-hydrogen) atoms. The maximum Gasteiger partial charge on any atom is 0.161 e. The van der Waals surface area contributed by atoms with Crippen molar-refractivity contribution in [1.29, 1.82) is 5.26 Å². The van der Waals surface area contributed by atoms with E-state index in [0.717, 1.165) is 46.5 Å². The fraction of sp³-hybridized carbons (Fsp3) is 0.280. The lowest BCUT2D eigenvalue weighted by Crippen LogP contribution is -2.38. The van der Waals surface area contributed by atoms with Crippen LogP contribution in [0.1, 0.15) is 47.4 Å². The zero-order chi connectivity index (χ0) is 21.6. The molecule has 1 aliphatic carbocycles. The summed E-state index contributed by atoms with van der Waals surface area (Å²) in [5.74, 6) is 0.0252. The van der Waals surface area contributed by atoms with Crippen molar-refractivity contribution in [1.82, 2.24) is 0 Å². The molecule has 1 atom stereocenters. The lowest BCUT2D eigenvalue weighted by molar-refractivity contribution is -0.116. The number of hydrogen-bond acceptors (Lipinski definition) is 4. The maximum absolute atomic E-state index is 13.2. The van der Waals surface area contributed by atoms with E-state index in [1.807, 2.05) is 56.0 Å². The smallest absolute Gasteiger partial charge is 0.161 e. The molecule has 1 unspecified atom stereocenters. The molecule has 0 radical (unpaired) electrons. The Morgan fingerprint density at radius 2 is 1.83 bits per heavy atom. The number of nitrogens with two attached hydrogens (primary N) is 1. The number of ketones is 1. The number of aryl methyl sites for hydroxylation is 3. The third kappa shape index (κ3) is 3.20. The molecule has 2 N–H and O–H groups in total. The summed E-state index contributed by atoms with van der Waals surface area (Å²) in [5, 5.41) is 10.7. The lowest BCUT2D eigenvalue weighted by atomic mass is 9.74. The van der Waals surface area contributed by atoms with Gasteiger partial charge < -0.3 is 5.73 Å². The van der Waals surface area contributed by atoms with Crippen LogP contribution in [0.25, 0.3) is 0 Å². The van der Waals surface area contributed by atoms with Gasteiger partial charge in [0.1, 0.15) is 5.82 Å². The highest BCUT2D eigenvalue weighted by molar-refractivity contribution is 6.31. The maximum atomic E-state index is 13.2. The average Bonchev–Trinajstić information content (AvgIpc) is 2.71. The average molecular weight is 418 g/mol. The van der Waals surface area contributed by atoms with Crippen molar-refractivity contribution in [3.8, 4) is 6.07 Å². The highest BCUT2D eigenvalue weighted by Gasteiger charge is 2.40. The molecular formula is C25H24ClN3O. The Bertz CT molecular complexity index is 1170. The fourth-order valence-corrected chi connectivity index (χ4v) is 4.66. The third-order valence-electron chi connectivity index (χ3n) is 6.07. The van der Waals surface area contributed by atoms with Crippen molar-refractivity contribution >= 4 is 23.1 Å². The van der Waals surface area contributed by atoms with Gasteiger partial charge in [-0.2, -0.15) is 5.26 Å². The van der Waals surface area contributed by atoms with Gasteiger partial charge >= 0.3 is 0 Å². The van der Waals surface area contributed by atoms with Crippen LogP contribution >= 0.6 is 11.6 Å². The zero-order valence-corrected chi connectivity index (χ0v) is 18.2. The van der Waals surface area contributed by atoms with Gasteiger partial charge in [0, 0.05) is 28.4 Å². The molecule has 2 aromatic carbocycles. The van der Waals surface area contributed by atoms with Gasteiger partial charge in [0.25, 0.3) is 0 Å². The van der Waals surface area contributed by atoms with E-state index in [9.17, 15) is 10.1 Å². The first-order valence-corrected chi connectivity index (χ1v) is 10.5. The summed E-state index contributed by atoms with van der Waals surface area (Å²) >= 11 is 6.39. The topological polar surface area (TPSA) is 70.1 Å². The number of Topliss-reactive ketones (excluding diaryl/α,β-unsaturated/α-hetero) is 1. The number of rotatable bonds is 2. The second kappa shape index (κ2) is 7.66. The SMILES string of the molecule is Cc1ccc(C)c(C2C(C#N)=C(N)N(c3ccc(C)c(Cl)c3)C3=C2C(=O)CCC3)c1. The molecule has 0 saturated carbocycles. The standard InChI is InChI=1S/C25H24ClN3O/c1-14-7-8-15(2)18(11-14)23-19(13-27)25(28)29(17-10-9-16(3)20(26)12-17)21-5-4-6-22(30)24(21)23/h7-12,23H,4-6,28H2,1-3H3. The minimum atomic E-state index is -0.435. The molecule has 152 valence electrons. The quantitative estimate of drug-likeness (QED) is 0.693.